The van der Waals surface area contributed by atoms with Crippen LogP contribution in [0.4, 0.5) is 0 Å². The Morgan fingerprint density at radius 3 is 2.70 bits per heavy atom. The molecule has 1 aliphatic heterocycles. The molecule has 1 spiro atoms. The summed E-state index contributed by atoms with van der Waals surface area (Å²) in [5.74, 6) is 0. The smallest absolute Gasteiger partial charge is 0.0697 e. The summed E-state index contributed by atoms with van der Waals surface area (Å²) in [5, 5.41) is 0. The van der Waals surface area contributed by atoms with E-state index in [-0.39, 0.29) is 5.60 Å². The molecule has 3 rings (SSSR count). The predicted octanol–water partition coefficient (Wildman–Crippen LogP) is 2.55. The van der Waals surface area contributed by atoms with Crippen molar-refractivity contribution in [1.82, 2.24) is 4.90 Å². The minimum absolute atomic E-state index is 0.215. The van der Waals surface area contributed by atoms with Crippen molar-refractivity contribution < 1.29 is 4.74 Å². The summed E-state index contributed by atoms with van der Waals surface area (Å²) in [6, 6.07) is 11.4. The highest BCUT2D eigenvalue weighted by atomic mass is 16.5. The topological polar surface area (TPSA) is 38.5 Å². The molecule has 1 atom stereocenters. The van der Waals surface area contributed by atoms with Gasteiger partial charge in [0.15, 0.2) is 0 Å². The lowest BCUT2D eigenvalue weighted by atomic mass is 9.73. The van der Waals surface area contributed by atoms with Gasteiger partial charge in [0.1, 0.15) is 0 Å². The maximum atomic E-state index is 6.05. The minimum atomic E-state index is 0.215. The van der Waals surface area contributed by atoms with Gasteiger partial charge in [-0.15, -0.1) is 0 Å². The van der Waals surface area contributed by atoms with Gasteiger partial charge in [-0.05, 0) is 37.7 Å². The molecule has 0 radical (unpaired) electrons. The van der Waals surface area contributed by atoms with Gasteiger partial charge in [0.2, 0.25) is 0 Å². The number of hydrogen-bond acceptors (Lipinski definition) is 3. The van der Waals surface area contributed by atoms with Crippen molar-refractivity contribution in [3.63, 3.8) is 0 Å². The zero-order chi connectivity index (χ0) is 13.8. The van der Waals surface area contributed by atoms with Crippen molar-refractivity contribution in [2.45, 2.75) is 50.3 Å². The number of rotatable bonds is 5. The van der Waals surface area contributed by atoms with Gasteiger partial charge in [0.25, 0.3) is 0 Å². The Bertz CT molecular complexity index is 416. The van der Waals surface area contributed by atoms with Crippen LogP contribution in [0.25, 0.3) is 0 Å². The molecular weight excluding hydrogens is 248 g/mol. The highest BCUT2D eigenvalue weighted by Crippen LogP contribution is 2.43. The molecule has 3 heteroatoms. The molecular formula is C17H26N2O. The molecule has 0 aromatic heterocycles. The highest BCUT2D eigenvalue weighted by molar-refractivity contribution is 5.14. The Morgan fingerprint density at radius 1 is 1.25 bits per heavy atom. The third-order valence-electron chi connectivity index (χ3n) is 4.89. The van der Waals surface area contributed by atoms with E-state index in [1.54, 1.807) is 0 Å². The first-order chi connectivity index (χ1) is 9.81. The van der Waals surface area contributed by atoms with E-state index in [4.69, 9.17) is 10.5 Å². The zero-order valence-electron chi connectivity index (χ0n) is 12.3. The molecule has 2 fully saturated rings. The molecule has 0 amide bonds. The third-order valence-corrected chi connectivity index (χ3v) is 4.89. The second-order valence-electron chi connectivity index (χ2n) is 6.28. The van der Waals surface area contributed by atoms with Crippen LogP contribution < -0.4 is 5.73 Å². The molecule has 3 nitrogen and oxygen atoms in total. The summed E-state index contributed by atoms with van der Waals surface area (Å²) in [6.07, 6.45) is 6.19. The number of benzene rings is 1. The van der Waals surface area contributed by atoms with Gasteiger partial charge in [0.05, 0.1) is 5.60 Å². The standard InChI is InChI=1S/C17H26N2O/c18-10-11-19(14-15-5-2-1-3-6-15)16-7-12-20-17(13-16)8-4-9-17/h1-3,5-6,16H,4,7-14,18H2. The first kappa shape index (κ1) is 14.1. The molecule has 1 unspecified atom stereocenters. The fourth-order valence-electron chi connectivity index (χ4n) is 3.61. The molecule has 1 saturated carbocycles. The Hall–Kier alpha value is -0.900. The van der Waals surface area contributed by atoms with Crippen LogP contribution >= 0.6 is 0 Å². The average Bonchev–Trinajstić information content (AvgIpc) is 2.46. The van der Waals surface area contributed by atoms with E-state index >= 15 is 0 Å². The summed E-state index contributed by atoms with van der Waals surface area (Å²) in [5.41, 5.74) is 7.43. The van der Waals surface area contributed by atoms with E-state index < -0.39 is 0 Å². The van der Waals surface area contributed by atoms with Crippen LogP contribution in [0.1, 0.15) is 37.7 Å². The third kappa shape index (κ3) is 3.05. The van der Waals surface area contributed by atoms with E-state index in [0.29, 0.717) is 6.04 Å². The van der Waals surface area contributed by atoms with Crippen molar-refractivity contribution >= 4 is 0 Å². The minimum Gasteiger partial charge on any atom is -0.375 e. The summed E-state index contributed by atoms with van der Waals surface area (Å²) in [6.45, 7) is 3.64. The van der Waals surface area contributed by atoms with E-state index in [0.717, 1.165) is 32.7 Å². The van der Waals surface area contributed by atoms with Crippen molar-refractivity contribution in [3.8, 4) is 0 Å². The van der Waals surface area contributed by atoms with Crippen molar-refractivity contribution in [2.75, 3.05) is 19.7 Å². The van der Waals surface area contributed by atoms with Gasteiger partial charge in [-0.3, -0.25) is 4.90 Å². The van der Waals surface area contributed by atoms with E-state index in [9.17, 15) is 0 Å². The lowest BCUT2D eigenvalue weighted by molar-refractivity contribution is -0.149. The number of ether oxygens (including phenoxy) is 1. The van der Waals surface area contributed by atoms with Crippen LogP contribution in [0.15, 0.2) is 30.3 Å². The highest BCUT2D eigenvalue weighted by Gasteiger charge is 2.43. The van der Waals surface area contributed by atoms with Gasteiger partial charge < -0.3 is 10.5 Å². The zero-order valence-corrected chi connectivity index (χ0v) is 12.3. The van der Waals surface area contributed by atoms with Gasteiger partial charge in [-0.2, -0.15) is 0 Å². The molecule has 20 heavy (non-hydrogen) atoms. The van der Waals surface area contributed by atoms with E-state index in [1.165, 1.54) is 31.2 Å². The quantitative estimate of drug-likeness (QED) is 0.897. The van der Waals surface area contributed by atoms with Crippen LogP contribution in [-0.4, -0.2) is 36.2 Å². The lowest BCUT2D eigenvalue weighted by Crippen LogP contribution is -2.52. The average molecular weight is 274 g/mol. The van der Waals surface area contributed by atoms with Gasteiger partial charge in [0, 0.05) is 32.3 Å². The Balaban J connectivity index is 1.66. The van der Waals surface area contributed by atoms with Crippen LogP contribution in [-0.2, 0) is 11.3 Å². The number of hydrogen-bond donors (Lipinski definition) is 1. The molecule has 1 aromatic carbocycles. The summed E-state index contributed by atoms with van der Waals surface area (Å²) in [4.78, 5) is 2.57. The summed E-state index contributed by atoms with van der Waals surface area (Å²) in [7, 11) is 0. The molecule has 1 aliphatic carbocycles. The second-order valence-corrected chi connectivity index (χ2v) is 6.28. The van der Waals surface area contributed by atoms with Crippen molar-refractivity contribution in [2.24, 2.45) is 5.73 Å². The molecule has 0 bridgehead atoms. The number of nitrogens with zero attached hydrogens (tertiary/aromatic N) is 1. The Kier molecular flexibility index (Phi) is 4.39. The van der Waals surface area contributed by atoms with Crippen LogP contribution in [0.5, 0.6) is 0 Å². The van der Waals surface area contributed by atoms with Crippen LogP contribution in [0.3, 0.4) is 0 Å². The monoisotopic (exact) mass is 274 g/mol. The molecule has 2 aliphatic rings. The van der Waals surface area contributed by atoms with Gasteiger partial charge in [-0.25, -0.2) is 0 Å². The molecule has 1 aromatic rings. The van der Waals surface area contributed by atoms with Crippen molar-refractivity contribution in [1.29, 1.82) is 0 Å². The maximum absolute atomic E-state index is 6.05. The largest absolute Gasteiger partial charge is 0.375 e. The molecule has 110 valence electrons. The fourth-order valence-corrected chi connectivity index (χ4v) is 3.61. The first-order valence-corrected chi connectivity index (χ1v) is 7.93. The summed E-state index contributed by atoms with van der Waals surface area (Å²) < 4.78 is 6.05. The summed E-state index contributed by atoms with van der Waals surface area (Å²) >= 11 is 0. The maximum Gasteiger partial charge on any atom is 0.0697 e. The SMILES string of the molecule is NCCN(Cc1ccccc1)C1CCOC2(CCC2)C1. The first-order valence-electron chi connectivity index (χ1n) is 7.93. The molecule has 2 N–H and O–H groups in total. The van der Waals surface area contributed by atoms with E-state index in [1.807, 2.05) is 0 Å². The van der Waals surface area contributed by atoms with Gasteiger partial charge >= 0.3 is 0 Å². The normalized spacial score (nSPS) is 24.8. The number of nitrogens with two attached hydrogens (primary N) is 1. The predicted molar refractivity (Wildman–Crippen MR) is 81.5 cm³/mol. The van der Waals surface area contributed by atoms with Gasteiger partial charge in [-0.1, -0.05) is 30.3 Å². The Labute approximate surface area is 122 Å². The Morgan fingerprint density at radius 2 is 2.05 bits per heavy atom. The second kappa shape index (κ2) is 6.25. The van der Waals surface area contributed by atoms with E-state index in [2.05, 4.69) is 35.2 Å². The van der Waals surface area contributed by atoms with Crippen LogP contribution in [0.2, 0.25) is 0 Å². The molecule has 1 heterocycles. The lowest BCUT2D eigenvalue weighted by Gasteiger charge is -2.49. The van der Waals surface area contributed by atoms with Crippen LogP contribution in [0, 0.1) is 0 Å². The molecule has 1 saturated heterocycles. The van der Waals surface area contributed by atoms with Crippen molar-refractivity contribution in [3.05, 3.63) is 35.9 Å². The fraction of sp³-hybridized carbons (Fsp3) is 0.647.